The molecule has 29 heavy (non-hydrogen) atoms. The Hall–Kier alpha value is -2.09. The van der Waals surface area contributed by atoms with Crippen LogP contribution in [0.5, 0.6) is 5.75 Å². The lowest BCUT2D eigenvalue weighted by atomic mass is 10.1. The van der Waals surface area contributed by atoms with Crippen molar-refractivity contribution in [2.75, 3.05) is 26.7 Å². The maximum atomic E-state index is 12.9. The average Bonchev–Trinajstić information content (AvgIpc) is 2.75. The highest BCUT2D eigenvalue weighted by atomic mass is 35.5. The van der Waals surface area contributed by atoms with Crippen LogP contribution in [0.4, 0.5) is 0 Å². The lowest BCUT2D eigenvalue weighted by Crippen LogP contribution is -2.35. The van der Waals surface area contributed by atoms with Gasteiger partial charge in [0, 0.05) is 19.6 Å². The molecule has 0 aliphatic carbocycles. The number of halogens is 1. The number of hydrogen-bond acceptors (Lipinski definition) is 4. The largest absolute Gasteiger partial charge is 0.497 e. The van der Waals surface area contributed by atoms with Gasteiger partial charge in [-0.25, -0.2) is 8.42 Å². The van der Waals surface area contributed by atoms with E-state index in [0.29, 0.717) is 26.1 Å². The fourth-order valence-corrected chi connectivity index (χ4v) is 5.05. The summed E-state index contributed by atoms with van der Waals surface area (Å²) in [5.74, 6) is 0.385. The minimum atomic E-state index is -3.62. The number of carbonyl (C=O) groups is 1. The number of piperidine rings is 1. The second-order valence-corrected chi connectivity index (χ2v) is 9.31. The molecule has 0 spiro atoms. The first-order chi connectivity index (χ1) is 13.9. The monoisotopic (exact) mass is 436 g/mol. The van der Waals surface area contributed by atoms with Crippen molar-refractivity contribution >= 4 is 27.5 Å². The van der Waals surface area contributed by atoms with E-state index < -0.39 is 10.0 Å². The van der Waals surface area contributed by atoms with Crippen molar-refractivity contribution < 1.29 is 17.9 Å². The van der Waals surface area contributed by atoms with Crippen LogP contribution in [0.2, 0.25) is 5.02 Å². The third-order valence-corrected chi connectivity index (χ3v) is 7.22. The molecule has 0 unspecified atom stereocenters. The van der Waals surface area contributed by atoms with Crippen LogP contribution in [-0.2, 0) is 16.4 Å². The predicted molar refractivity (Wildman–Crippen MR) is 113 cm³/mol. The van der Waals surface area contributed by atoms with E-state index >= 15 is 0 Å². The highest BCUT2D eigenvalue weighted by Crippen LogP contribution is 2.25. The van der Waals surface area contributed by atoms with Crippen LogP contribution in [0, 0.1) is 0 Å². The summed E-state index contributed by atoms with van der Waals surface area (Å²) in [5, 5.41) is 3.04. The molecule has 1 amide bonds. The van der Waals surface area contributed by atoms with Gasteiger partial charge in [0.25, 0.3) is 5.91 Å². The Morgan fingerprint density at radius 3 is 2.45 bits per heavy atom. The molecule has 0 saturated carbocycles. The summed E-state index contributed by atoms with van der Waals surface area (Å²) in [6.07, 6.45) is 3.38. The molecule has 1 aliphatic heterocycles. The lowest BCUT2D eigenvalue weighted by molar-refractivity contribution is 0.0954. The minimum Gasteiger partial charge on any atom is -0.497 e. The third kappa shape index (κ3) is 5.29. The van der Waals surface area contributed by atoms with Crippen LogP contribution in [-0.4, -0.2) is 45.4 Å². The number of sulfonamides is 1. The van der Waals surface area contributed by atoms with Gasteiger partial charge in [-0.3, -0.25) is 4.79 Å². The number of amides is 1. The molecule has 2 aromatic carbocycles. The molecule has 1 aliphatic rings. The summed E-state index contributed by atoms with van der Waals surface area (Å²) in [4.78, 5) is 12.7. The number of nitrogens with one attached hydrogen (secondary N) is 1. The molecule has 0 bridgehead atoms. The first-order valence-electron chi connectivity index (χ1n) is 9.62. The van der Waals surface area contributed by atoms with Crippen molar-refractivity contribution in [3.05, 3.63) is 58.6 Å². The van der Waals surface area contributed by atoms with Gasteiger partial charge in [-0.1, -0.05) is 30.2 Å². The standard InChI is InChI=1S/C21H25ClN2O4S/c1-28-17-7-5-16(6-8-17)11-12-23-21(25)19-15-18(9-10-20(19)22)29(26,27)24-13-3-2-4-14-24/h5-10,15H,2-4,11-14H2,1H3,(H,23,25). The smallest absolute Gasteiger partial charge is 0.252 e. The number of carbonyl (C=O) groups excluding carboxylic acids is 1. The van der Waals surface area contributed by atoms with Gasteiger partial charge < -0.3 is 10.1 Å². The van der Waals surface area contributed by atoms with Gasteiger partial charge in [-0.2, -0.15) is 4.31 Å². The van der Waals surface area contributed by atoms with Gasteiger partial charge in [-0.15, -0.1) is 0 Å². The van der Waals surface area contributed by atoms with Gasteiger partial charge >= 0.3 is 0 Å². The number of ether oxygens (including phenoxy) is 1. The zero-order chi connectivity index (χ0) is 20.9. The molecule has 3 rings (SSSR count). The van der Waals surface area contributed by atoms with Crippen molar-refractivity contribution in [2.45, 2.75) is 30.6 Å². The van der Waals surface area contributed by atoms with Gasteiger partial charge in [0.05, 0.1) is 22.6 Å². The SMILES string of the molecule is COc1ccc(CCNC(=O)c2cc(S(=O)(=O)N3CCCCC3)ccc2Cl)cc1. The normalized spacial score (nSPS) is 15.1. The number of methoxy groups -OCH3 is 1. The lowest BCUT2D eigenvalue weighted by Gasteiger charge is -2.26. The van der Waals surface area contributed by atoms with Gasteiger partial charge in [0.2, 0.25) is 10.0 Å². The van der Waals surface area contributed by atoms with Crippen LogP contribution < -0.4 is 10.1 Å². The maximum Gasteiger partial charge on any atom is 0.252 e. The molecular weight excluding hydrogens is 412 g/mol. The Balaban J connectivity index is 1.67. The predicted octanol–water partition coefficient (Wildman–Crippen LogP) is 3.50. The van der Waals surface area contributed by atoms with Crippen molar-refractivity contribution in [2.24, 2.45) is 0 Å². The third-order valence-electron chi connectivity index (χ3n) is 4.99. The van der Waals surface area contributed by atoms with E-state index in [2.05, 4.69) is 5.32 Å². The zero-order valence-corrected chi connectivity index (χ0v) is 17.9. The second-order valence-electron chi connectivity index (χ2n) is 6.96. The Bertz CT molecular complexity index is 955. The van der Waals surface area contributed by atoms with E-state index in [0.717, 1.165) is 30.6 Å². The summed E-state index contributed by atoms with van der Waals surface area (Å²) in [6.45, 7) is 1.42. The van der Waals surface area contributed by atoms with E-state index in [1.54, 1.807) is 7.11 Å². The molecule has 6 nitrogen and oxygen atoms in total. The zero-order valence-electron chi connectivity index (χ0n) is 16.4. The Morgan fingerprint density at radius 2 is 1.79 bits per heavy atom. The summed E-state index contributed by atoms with van der Waals surface area (Å²) in [5.41, 5.74) is 1.22. The molecule has 1 fully saturated rings. The van der Waals surface area contributed by atoms with E-state index in [1.165, 1.54) is 22.5 Å². The van der Waals surface area contributed by atoms with Gasteiger partial charge in [0.15, 0.2) is 0 Å². The Kier molecular flexibility index (Phi) is 7.16. The topological polar surface area (TPSA) is 75.7 Å². The minimum absolute atomic E-state index is 0.101. The molecule has 1 heterocycles. The molecule has 0 atom stereocenters. The number of rotatable bonds is 7. The molecule has 0 radical (unpaired) electrons. The fourth-order valence-electron chi connectivity index (χ4n) is 3.30. The number of benzene rings is 2. The molecule has 0 aromatic heterocycles. The maximum absolute atomic E-state index is 12.9. The molecule has 1 saturated heterocycles. The van der Waals surface area contributed by atoms with Crippen molar-refractivity contribution in [1.29, 1.82) is 0 Å². The summed E-state index contributed by atoms with van der Waals surface area (Å²) < 4.78 is 32.3. The molecule has 8 heteroatoms. The molecule has 1 N–H and O–H groups in total. The van der Waals surface area contributed by atoms with E-state index in [9.17, 15) is 13.2 Å². The Labute approximate surface area is 176 Å². The van der Waals surface area contributed by atoms with Crippen LogP contribution in [0.25, 0.3) is 0 Å². The van der Waals surface area contributed by atoms with Crippen LogP contribution in [0.1, 0.15) is 35.2 Å². The first kappa shape index (κ1) is 21.6. The van der Waals surface area contributed by atoms with Crippen LogP contribution in [0.3, 0.4) is 0 Å². The van der Waals surface area contributed by atoms with Crippen LogP contribution >= 0.6 is 11.6 Å². The molecule has 2 aromatic rings. The summed E-state index contributed by atoms with van der Waals surface area (Å²) >= 11 is 6.17. The first-order valence-corrected chi connectivity index (χ1v) is 11.4. The number of hydrogen-bond donors (Lipinski definition) is 1. The molecular formula is C21H25ClN2O4S. The van der Waals surface area contributed by atoms with Crippen LogP contribution in [0.15, 0.2) is 47.4 Å². The Morgan fingerprint density at radius 1 is 1.10 bits per heavy atom. The quantitative estimate of drug-likeness (QED) is 0.720. The average molecular weight is 437 g/mol. The number of nitrogens with zero attached hydrogens (tertiary/aromatic N) is 1. The van der Waals surface area contributed by atoms with Crippen molar-refractivity contribution in [3.63, 3.8) is 0 Å². The van der Waals surface area contributed by atoms with E-state index in [-0.39, 0.29) is 21.4 Å². The van der Waals surface area contributed by atoms with Crippen molar-refractivity contribution in [1.82, 2.24) is 9.62 Å². The van der Waals surface area contributed by atoms with E-state index in [1.807, 2.05) is 24.3 Å². The second kappa shape index (κ2) is 9.61. The van der Waals surface area contributed by atoms with Crippen molar-refractivity contribution in [3.8, 4) is 5.75 Å². The highest BCUT2D eigenvalue weighted by Gasteiger charge is 2.27. The highest BCUT2D eigenvalue weighted by molar-refractivity contribution is 7.89. The summed E-state index contributed by atoms with van der Waals surface area (Å²) in [6, 6.07) is 11.9. The van der Waals surface area contributed by atoms with E-state index in [4.69, 9.17) is 16.3 Å². The fraction of sp³-hybridized carbons (Fsp3) is 0.381. The molecule has 156 valence electrons. The summed E-state index contributed by atoms with van der Waals surface area (Å²) in [7, 11) is -2.01. The van der Waals surface area contributed by atoms with Gasteiger partial charge in [-0.05, 0) is 55.2 Å². The van der Waals surface area contributed by atoms with Gasteiger partial charge in [0.1, 0.15) is 5.75 Å².